The van der Waals surface area contributed by atoms with Crippen LogP contribution < -0.4 is 10.1 Å². The summed E-state index contributed by atoms with van der Waals surface area (Å²) in [6, 6.07) is 5.17. The molecule has 1 aromatic carbocycles. The van der Waals surface area contributed by atoms with Crippen molar-refractivity contribution in [2.24, 2.45) is 0 Å². The van der Waals surface area contributed by atoms with Gasteiger partial charge in [-0.3, -0.25) is 0 Å². The fourth-order valence-electron chi connectivity index (χ4n) is 1.85. The summed E-state index contributed by atoms with van der Waals surface area (Å²) in [6.45, 7) is -0.722. The minimum Gasteiger partial charge on any atom is -0.435 e. The van der Waals surface area contributed by atoms with Crippen molar-refractivity contribution in [3.63, 3.8) is 0 Å². The van der Waals surface area contributed by atoms with E-state index >= 15 is 0 Å². The van der Waals surface area contributed by atoms with Crippen LogP contribution in [0.5, 0.6) is 5.75 Å². The molecule has 0 aromatic heterocycles. The van der Waals surface area contributed by atoms with Crippen LogP contribution in [0.1, 0.15) is 31.4 Å². The first-order chi connectivity index (χ1) is 9.31. The minimum absolute atomic E-state index is 0.0626. The van der Waals surface area contributed by atoms with Crippen LogP contribution in [0, 0.1) is 0 Å². The van der Waals surface area contributed by atoms with Gasteiger partial charge in [0.15, 0.2) is 0 Å². The Morgan fingerprint density at radius 2 is 1.95 bits per heavy atom. The Kier molecular flexibility index (Phi) is 6.19. The number of benzene rings is 1. The number of nitrogens with one attached hydrogen (secondary N) is 1. The topological polar surface area (TPSA) is 21.3 Å². The molecular weight excluding hydrogens is 281 g/mol. The molecule has 0 spiro atoms. The van der Waals surface area contributed by atoms with Gasteiger partial charge in [-0.15, -0.1) is 0 Å². The molecule has 0 radical (unpaired) electrons. The molecule has 0 aliphatic carbocycles. The zero-order chi connectivity index (χ0) is 15.2. The zero-order valence-corrected chi connectivity index (χ0v) is 10.9. The number of hydrogen-bond donors (Lipinski definition) is 1. The van der Waals surface area contributed by atoms with Crippen LogP contribution in [0.4, 0.5) is 22.0 Å². The lowest BCUT2D eigenvalue weighted by Crippen LogP contribution is -2.23. The maximum Gasteiger partial charge on any atom is 0.389 e. The smallest absolute Gasteiger partial charge is 0.389 e. The molecule has 0 amide bonds. The summed E-state index contributed by atoms with van der Waals surface area (Å²) in [5, 5.41) is 2.91. The molecule has 0 saturated carbocycles. The highest BCUT2D eigenvalue weighted by Gasteiger charge is 2.28. The van der Waals surface area contributed by atoms with Gasteiger partial charge in [0.2, 0.25) is 0 Å². The van der Waals surface area contributed by atoms with Crippen LogP contribution in [0.15, 0.2) is 24.3 Å². The Labute approximate surface area is 113 Å². The first kappa shape index (κ1) is 16.7. The van der Waals surface area contributed by atoms with Crippen LogP contribution >= 0.6 is 0 Å². The van der Waals surface area contributed by atoms with Crippen molar-refractivity contribution in [3.05, 3.63) is 29.8 Å². The zero-order valence-electron chi connectivity index (χ0n) is 10.9. The molecule has 20 heavy (non-hydrogen) atoms. The predicted molar refractivity (Wildman–Crippen MR) is 64.8 cm³/mol. The monoisotopic (exact) mass is 297 g/mol. The second kappa shape index (κ2) is 7.42. The average Bonchev–Trinajstić information content (AvgIpc) is 2.33. The predicted octanol–water partition coefficient (Wildman–Crippen LogP) is 4.28. The first-order valence-electron chi connectivity index (χ1n) is 6.16. The van der Waals surface area contributed by atoms with Gasteiger partial charge in [0.1, 0.15) is 5.75 Å². The summed E-state index contributed by atoms with van der Waals surface area (Å²) >= 11 is 0. The second-order valence-electron chi connectivity index (χ2n) is 4.22. The molecule has 0 aliphatic rings. The summed E-state index contributed by atoms with van der Waals surface area (Å²) in [6.07, 6.45) is -5.34. The molecule has 1 N–H and O–H groups in total. The Morgan fingerprint density at radius 3 is 2.50 bits per heavy atom. The van der Waals surface area contributed by atoms with Crippen LogP contribution in [0.25, 0.3) is 0 Å². The fourth-order valence-corrected chi connectivity index (χ4v) is 1.85. The van der Waals surface area contributed by atoms with Gasteiger partial charge in [-0.05, 0) is 30.7 Å². The third-order valence-electron chi connectivity index (χ3n) is 2.65. The molecule has 0 aliphatic heterocycles. The normalized spacial score (nSPS) is 13.6. The number of ether oxygens (including phenoxy) is 1. The summed E-state index contributed by atoms with van der Waals surface area (Å²) < 4.78 is 65.3. The van der Waals surface area contributed by atoms with E-state index in [-0.39, 0.29) is 12.2 Å². The lowest BCUT2D eigenvalue weighted by molar-refractivity contribution is -0.136. The Bertz CT molecular complexity index is 408. The van der Waals surface area contributed by atoms with Gasteiger partial charge < -0.3 is 10.1 Å². The quantitative estimate of drug-likeness (QED) is 0.758. The van der Waals surface area contributed by atoms with Crippen molar-refractivity contribution in [1.82, 2.24) is 5.32 Å². The van der Waals surface area contributed by atoms with Gasteiger partial charge in [0.25, 0.3) is 0 Å². The van der Waals surface area contributed by atoms with Gasteiger partial charge in [-0.1, -0.05) is 19.1 Å². The molecule has 0 bridgehead atoms. The third kappa shape index (κ3) is 6.18. The Balaban J connectivity index is 2.80. The van der Waals surface area contributed by atoms with E-state index in [1.165, 1.54) is 18.2 Å². The van der Waals surface area contributed by atoms with Crippen LogP contribution in [0.3, 0.4) is 0 Å². The van der Waals surface area contributed by atoms with E-state index in [1.807, 2.05) is 0 Å². The van der Waals surface area contributed by atoms with Crippen LogP contribution in [0.2, 0.25) is 0 Å². The SMILES string of the molecule is CCNC(CCC(F)(F)F)c1cccc(OC(F)F)c1. The molecule has 0 fully saturated rings. The molecule has 7 heteroatoms. The number of alkyl halides is 5. The molecular formula is C13H16F5NO. The highest BCUT2D eigenvalue weighted by Crippen LogP contribution is 2.29. The average molecular weight is 297 g/mol. The van der Waals surface area contributed by atoms with Gasteiger partial charge >= 0.3 is 12.8 Å². The lowest BCUT2D eigenvalue weighted by atomic mass is 10.0. The molecule has 0 heterocycles. The van der Waals surface area contributed by atoms with E-state index in [9.17, 15) is 22.0 Å². The van der Waals surface area contributed by atoms with E-state index in [0.29, 0.717) is 12.1 Å². The summed E-state index contributed by atoms with van der Waals surface area (Å²) in [5.41, 5.74) is 0.495. The van der Waals surface area contributed by atoms with Gasteiger partial charge in [0.05, 0.1) is 0 Å². The van der Waals surface area contributed by atoms with E-state index < -0.39 is 25.3 Å². The Hall–Kier alpha value is -1.37. The van der Waals surface area contributed by atoms with E-state index in [1.54, 1.807) is 13.0 Å². The van der Waals surface area contributed by atoms with Gasteiger partial charge in [0, 0.05) is 12.5 Å². The Morgan fingerprint density at radius 1 is 1.25 bits per heavy atom. The van der Waals surface area contributed by atoms with E-state index in [4.69, 9.17) is 0 Å². The highest BCUT2D eigenvalue weighted by molar-refractivity contribution is 5.30. The standard InChI is InChI=1S/C13H16F5NO/c1-2-19-11(6-7-13(16,17)18)9-4-3-5-10(8-9)20-12(14)15/h3-5,8,11-12,19H,2,6-7H2,1H3. The molecule has 1 unspecified atom stereocenters. The number of halogens is 5. The molecule has 114 valence electrons. The van der Waals surface area contributed by atoms with E-state index in [2.05, 4.69) is 10.1 Å². The molecule has 2 nitrogen and oxygen atoms in total. The first-order valence-corrected chi connectivity index (χ1v) is 6.16. The summed E-state index contributed by atoms with van der Waals surface area (Å²) in [7, 11) is 0. The maximum atomic E-state index is 12.3. The van der Waals surface area contributed by atoms with Crippen molar-refractivity contribution < 1.29 is 26.7 Å². The number of hydrogen-bond acceptors (Lipinski definition) is 2. The maximum absolute atomic E-state index is 12.3. The third-order valence-corrected chi connectivity index (χ3v) is 2.65. The number of rotatable bonds is 7. The molecule has 1 atom stereocenters. The van der Waals surface area contributed by atoms with Crippen molar-refractivity contribution in [3.8, 4) is 5.75 Å². The van der Waals surface area contributed by atoms with Crippen LogP contribution in [-0.2, 0) is 0 Å². The summed E-state index contributed by atoms with van der Waals surface area (Å²) in [4.78, 5) is 0. The highest BCUT2D eigenvalue weighted by atomic mass is 19.4. The van der Waals surface area contributed by atoms with Crippen molar-refractivity contribution in [1.29, 1.82) is 0 Å². The van der Waals surface area contributed by atoms with Crippen molar-refractivity contribution in [2.45, 2.75) is 38.6 Å². The van der Waals surface area contributed by atoms with Crippen molar-refractivity contribution in [2.75, 3.05) is 6.54 Å². The molecule has 1 aromatic rings. The van der Waals surface area contributed by atoms with Gasteiger partial charge in [-0.25, -0.2) is 0 Å². The largest absolute Gasteiger partial charge is 0.435 e. The molecule has 1 rings (SSSR count). The minimum atomic E-state index is -4.25. The summed E-state index contributed by atoms with van der Waals surface area (Å²) in [5.74, 6) is -0.0626. The lowest BCUT2D eigenvalue weighted by Gasteiger charge is -2.20. The second-order valence-corrected chi connectivity index (χ2v) is 4.22. The van der Waals surface area contributed by atoms with Gasteiger partial charge in [-0.2, -0.15) is 22.0 Å². The van der Waals surface area contributed by atoms with Crippen LogP contribution in [-0.4, -0.2) is 19.3 Å². The fraction of sp³-hybridized carbons (Fsp3) is 0.538. The van der Waals surface area contributed by atoms with E-state index in [0.717, 1.165) is 0 Å². The molecule has 0 saturated heterocycles. The van der Waals surface area contributed by atoms with Crippen molar-refractivity contribution >= 4 is 0 Å².